The van der Waals surface area contributed by atoms with Crippen LogP contribution in [-0.2, 0) is 9.59 Å². The molecule has 0 saturated carbocycles. The highest BCUT2D eigenvalue weighted by Crippen LogP contribution is 2.55. The van der Waals surface area contributed by atoms with E-state index in [0.29, 0.717) is 42.5 Å². The third-order valence-electron chi connectivity index (χ3n) is 7.30. The molecule has 5 nitrogen and oxygen atoms in total. The number of allylic oxidation sites excluding steroid dienone is 4. The lowest BCUT2D eigenvalue weighted by molar-refractivity contribution is -0.119. The van der Waals surface area contributed by atoms with Gasteiger partial charge in [-0.05, 0) is 55.2 Å². The molecule has 0 unspecified atom stereocenters. The summed E-state index contributed by atoms with van der Waals surface area (Å²) in [6.07, 6.45) is 7.83. The van der Waals surface area contributed by atoms with Gasteiger partial charge in [0.1, 0.15) is 6.61 Å². The van der Waals surface area contributed by atoms with Crippen LogP contribution in [0.3, 0.4) is 0 Å². The van der Waals surface area contributed by atoms with Crippen LogP contribution in [0, 0.1) is 23.2 Å². The monoisotopic (exact) mass is 509 g/mol. The topological polar surface area (TPSA) is 55.8 Å². The zero-order chi connectivity index (χ0) is 26.4. The first-order chi connectivity index (χ1) is 16.9. The number of Topliss-reactive ketones (excluding diaryl/α,β-unsaturated/α-hetero) is 2. The average Bonchev–Trinajstić information content (AvgIpc) is 2.75. The Morgan fingerprint density at radius 2 is 1.53 bits per heavy atom. The smallest absolute Gasteiger partial charge is 0.181 e. The summed E-state index contributed by atoms with van der Waals surface area (Å²) in [5.41, 5.74) is 3.98. The van der Waals surface area contributed by atoms with E-state index in [4.69, 9.17) is 27.5 Å². The Labute approximate surface area is 219 Å². The van der Waals surface area contributed by atoms with E-state index >= 15 is 0 Å². The fourth-order valence-corrected chi connectivity index (χ4v) is 6.31. The van der Waals surface area contributed by atoms with Crippen molar-refractivity contribution in [2.45, 2.75) is 73.1 Å². The van der Waals surface area contributed by atoms with Crippen LogP contribution in [0.4, 0.5) is 0 Å². The van der Waals surface area contributed by atoms with Crippen molar-refractivity contribution in [1.29, 1.82) is 0 Å². The molecule has 0 radical (unpaired) electrons. The maximum atomic E-state index is 13.8. The summed E-state index contributed by atoms with van der Waals surface area (Å²) in [6, 6.07) is 3.67. The molecule has 192 valence electrons. The van der Waals surface area contributed by atoms with Gasteiger partial charge in [0.05, 0.1) is 11.6 Å². The quantitative estimate of drug-likeness (QED) is 0.412. The van der Waals surface area contributed by atoms with Crippen molar-refractivity contribution in [3.05, 3.63) is 45.3 Å². The molecular formula is C30H36ClNO4. The number of carbonyl (C=O) groups is 2. The average molecular weight is 510 g/mol. The van der Waals surface area contributed by atoms with Crippen LogP contribution in [-0.4, -0.2) is 36.2 Å². The normalized spacial score (nSPS) is 21.2. The first kappa shape index (κ1) is 26.4. The van der Waals surface area contributed by atoms with Gasteiger partial charge in [-0.2, -0.15) is 0 Å². The number of terminal acetylenes is 1. The Kier molecular flexibility index (Phi) is 7.05. The number of ketones is 2. The van der Waals surface area contributed by atoms with Crippen molar-refractivity contribution >= 4 is 23.2 Å². The summed E-state index contributed by atoms with van der Waals surface area (Å²) in [6.45, 7) is 13.7. The van der Waals surface area contributed by atoms with Gasteiger partial charge in [-0.1, -0.05) is 45.2 Å². The Hall–Kier alpha value is -2.71. The highest BCUT2D eigenvalue weighted by molar-refractivity contribution is 6.32. The van der Waals surface area contributed by atoms with Crippen molar-refractivity contribution in [3.8, 4) is 23.8 Å². The van der Waals surface area contributed by atoms with Crippen LogP contribution in [0.15, 0.2) is 34.7 Å². The van der Waals surface area contributed by atoms with E-state index in [0.717, 1.165) is 40.9 Å². The van der Waals surface area contributed by atoms with Gasteiger partial charge in [-0.3, -0.25) is 9.59 Å². The Bertz CT molecular complexity index is 1160. The number of benzene rings is 1. The highest BCUT2D eigenvalue weighted by atomic mass is 35.5. The lowest BCUT2D eigenvalue weighted by Crippen LogP contribution is -2.44. The molecule has 1 aromatic rings. The van der Waals surface area contributed by atoms with Crippen molar-refractivity contribution in [2.24, 2.45) is 10.8 Å². The highest BCUT2D eigenvalue weighted by Gasteiger charge is 2.48. The number of hydrogen-bond acceptors (Lipinski definition) is 5. The van der Waals surface area contributed by atoms with Gasteiger partial charge >= 0.3 is 0 Å². The van der Waals surface area contributed by atoms with Crippen LogP contribution in [0.25, 0.3) is 0 Å². The van der Waals surface area contributed by atoms with Crippen molar-refractivity contribution in [2.75, 3.05) is 19.8 Å². The summed E-state index contributed by atoms with van der Waals surface area (Å²) in [5, 5.41) is 0.348. The van der Waals surface area contributed by atoms with Gasteiger partial charge in [0.15, 0.2) is 23.1 Å². The molecule has 0 fully saturated rings. The number of carbonyl (C=O) groups excluding carboxylic acids is 2. The SMILES string of the molecule is C#CCOc1c(Cl)cc(C2C3=C(CC(C)(C)CC3=O)N(CC)C3=C2C(=O)CC(C)(C)C3)cc1OCC. The molecule has 0 aromatic heterocycles. The molecule has 3 aliphatic rings. The maximum absolute atomic E-state index is 13.8. The van der Waals surface area contributed by atoms with E-state index in [9.17, 15) is 9.59 Å². The van der Waals surface area contributed by atoms with E-state index in [2.05, 4.69) is 45.4 Å². The second-order valence-electron chi connectivity index (χ2n) is 11.5. The van der Waals surface area contributed by atoms with E-state index in [-0.39, 0.29) is 29.0 Å². The standard InChI is InChI=1S/C30H36ClNO4/c1-8-11-36-28-19(31)12-18(13-24(28)35-10-3)25-26-20(14-29(4,5)16-22(26)33)32(9-2)21-15-30(6,7)17-23(34)27(21)25/h1,12-13,25H,9-11,14-17H2,2-7H3. The lowest BCUT2D eigenvalue weighted by atomic mass is 9.63. The molecule has 0 bridgehead atoms. The van der Waals surface area contributed by atoms with Crippen LogP contribution < -0.4 is 9.47 Å². The third kappa shape index (κ3) is 4.68. The Balaban J connectivity index is 1.99. The van der Waals surface area contributed by atoms with E-state index in [1.165, 1.54) is 0 Å². The van der Waals surface area contributed by atoms with E-state index in [1.54, 1.807) is 6.07 Å². The molecule has 0 saturated heterocycles. The van der Waals surface area contributed by atoms with Gasteiger partial charge in [0.2, 0.25) is 0 Å². The van der Waals surface area contributed by atoms with E-state index in [1.807, 2.05) is 13.0 Å². The number of halogens is 1. The minimum atomic E-state index is -0.483. The number of hydrogen-bond donors (Lipinski definition) is 0. The first-order valence-electron chi connectivity index (χ1n) is 12.8. The second-order valence-corrected chi connectivity index (χ2v) is 11.9. The minimum Gasteiger partial charge on any atom is -0.490 e. The van der Waals surface area contributed by atoms with Crippen LogP contribution in [0.2, 0.25) is 5.02 Å². The molecule has 2 aliphatic carbocycles. The predicted octanol–water partition coefficient (Wildman–Crippen LogP) is 6.46. The third-order valence-corrected chi connectivity index (χ3v) is 7.58. The van der Waals surface area contributed by atoms with Gasteiger partial charge in [-0.25, -0.2) is 0 Å². The summed E-state index contributed by atoms with van der Waals surface area (Å²) in [5.74, 6) is 3.00. The van der Waals surface area contributed by atoms with Crippen molar-refractivity contribution in [1.82, 2.24) is 4.90 Å². The molecular weight excluding hydrogens is 474 g/mol. The molecule has 0 amide bonds. The van der Waals surface area contributed by atoms with Gasteiger partial charge < -0.3 is 14.4 Å². The van der Waals surface area contributed by atoms with E-state index < -0.39 is 5.92 Å². The van der Waals surface area contributed by atoms with Crippen molar-refractivity contribution in [3.63, 3.8) is 0 Å². The first-order valence-corrected chi connectivity index (χ1v) is 13.1. The van der Waals surface area contributed by atoms with Crippen LogP contribution in [0.5, 0.6) is 11.5 Å². The Morgan fingerprint density at radius 3 is 2.00 bits per heavy atom. The van der Waals surface area contributed by atoms with Crippen molar-refractivity contribution < 1.29 is 19.1 Å². The summed E-state index contributed by atoms with van der Waals surface area (Å²) in [4.78, 5) is 29.8. The molecule has 4 rings (SSSR count). The maximum Gasteiger partial charge on any atom is 0.181 e. The Morgan fingerprint density at radius 1 is 0.972 bits per heavy atom. The summed E-state index contributed by atoms with van der Waals surface area (Å²) < 4.78 is 11.6. The summed E-state index contributed by atoms with van der Waals surface area (Å²) in [7, 11) is 0. The molecule has 0 spiro atoms. The van der Waals surface area contributed by atoms with Gasteiger partial charge in [0, 0.05) is 47.8 Å². The molecule has 0 N–H and O–H groups in total. The summed E-state index contributed by atoms with van der Waals surface area (Å²) >= 11 is 6.71. The lowest BCUT2D eigenvalue weighted by Gasteiger charge is -2.49. The molecule has 1 heterocycles. The largest absolute Gasteiger partial charge is 0.490 e. The molecule has 0 atom stereocenters. The molecule has 6 heteroatoms. The molecule has 1 aromatic carbocycles. The molecule has 1 aliphatic heterocycles. The molecule has 36 heavy (non-hydrogen) atoms. The van der Waals surface area contributed by atoms with Gasteiger partial charge in [-0.15, -0.1) is 6.42 Å². The number of ether oxygens (including phenoxy) is 2. The van der Waals surface area contributed by atoms with Crippen LogP contribution >= 0.6 is 11.6 Å². The minimum absolute atomic E-state index is 0.0553. The fraction of sp³-hybridized carbons (Fsp3) is 0.533. The zero-order valence-electron chi connectivity index (χ0n) is 22.2. The van der Waals surface area contributed by atoms with Crippen LogP contribution in [0.1, 0.15) is 78.7 Å². The second kappa shape index (κ2) is 9.63. The number of nitrogens with zero attached hydrogens (tertiary/aromatic N) is 1. The number of rotatable bonds is 6. The zero-order valence-corrected chi connectivity index (χ0v) is 23.0. The predicted molar refractivity (Wildman–Crippen MR) is 142 cm³/mol. The fourth-order valence-electron chi connectivity index (χ4n) is 6.03. The van der Waals surface area contributed by atoms with Gasteiger partial charge in [0.25, 0.3) is 0 Å².